The number of unbranched alkanes of at least 4 members (excludes halogenated alkanes) is 5. The Morgan fingerprint density at radius 3 is 2.00 bits per heavy atom. The predicted octanol–water partition coefficient (Wildman–Crippen LogP) is 7.13. The van der Waals surface area contributed by atoms with Crippen LogP contribution in [0.2, 0.25) is 5.02 Å². The minimum absolute atomic E-state index is 0.105. The normalized spacial score (nSPS) is 12.7. The highest BCUT2D eigenvalue weighted by atomic mass is 35.5. The molecule has 1 saturated heterocycles. The van der Waals surface area contributed by atoms with Crippen LogP contribution in [-0.2, 0) is 38.0 Å². The molecule has 1 aliphatic heterocycles. The Morgan fingerprint density at radius 1 is 0.700 bits per heavy atom. The number of carbonyl (C=O) groups is 4. The first kappa shape index (κ1) is 58.0. The van der Waals surface area contributed by atoms with Crippen LogP contribution in [0.3, 0.4) is 0 Å². The summed E-state index contributed by atoms with van der Waals surface area (Å²) in [7, 11) is 0. The Kier molecular flexibility index (Phi) is 29.4. The highest BCUT2D eigenvalue weighted by Gasteiger charge is 2.20. The number of anilines is 4. The number of hydrogen-bond donors (Lipinski definition) is 4. The number of nitrogens with one attached hydrogen (secondary N) is 4. The number of hydrogen-bond acceptors (Lipinski definition) is 18. The summed E-state index contributed by atoms with van der Waals surface area (Å²) >= 11 is 13.2. The number of nitrogens with zero attached hydrogens (tertiary/aromatic N) is 5. The van der Waals surface area contributed by atoms with Crippen molar-refractivity contribution in [2.24, 2.45) is 0 Å². The topological polar surface area (TPSA) is 226 Å². The van der Waals surface area contributed by atoms with Gasteiger partial charge in [0, 0.05) is 77.4 Å². The molecule has 23 heteroatoms. The van der Waals surface area contributed by atoms with Gasteiger partial charge in [-0.15, -0.1) is 11.6 Å². The summed E-state index contributed by atoms with van der Waals surface area (Å²) in [4.78, 5) is 67.3. The third-order valence-corrected chi connectivity index (χ3v) is 12.0. The van der Waals surface area contributed by atoms with E-state index in [1.807, 2.05) is 32.0 Å². The molecular formula is C47H71Cl2N9O11S. The fourth-order valence-corrected chi connectivity index (χ4v) is 7.94. The molecule has 4 N–H and O–H groups in total. The molecule has 3 aromatic rings. The molecule has 1 fully saturated rings. The molecule has 0 aliphatic carbocycles. The lowest BCUT2D eigenvalue weighted by Crippen LogP contribution is -2.47. The first-order valence-corrected chi connectivity index (χ1v) is 25.8. The van der Waals surface area contributed by atoms with E-state index in [0.29, 0.717) is 97.3 Å². The Morgan fingerprint density at radius 2 is 1.31 bits per heavy atom. The first-order chi connectivity index (χ1) is 34.1. The smallest absolute Gasteiger partial charge is 0.407 e. The average Bonchev–Trinajstić information content (AvgIpc) is 3.82. The number of thiazole rings is 1. The van der Waals surface area contributed by atoms with Gasteiger partial charge in [-0.3, -0.25) is 14.5 Å². The molecule has 3 heterocycles. The highest BCUT2D eigenvalue weighted by molar-refractivity contribution is 7.17. The van der Waals surface area contributed by atoms with E-state index < -0.39 is 12.2 Å². The largest absolute Gasteiger partial charge is 0.463 e. The average molecular weight is 1040 g/mol. The summed E-state index contributed by atoms with van der Waals surface area (Å²) in [5.41, 5.74) is 1.43. The Labute approximate surface area is 425 Å². The molecule has 3 amide bonds. The van der Waals surface area contributed by atoms with Gasteiger partial charge in [0.25, 0.3) is 5.91 Å². The summed E-state index contributed by atoms with van der Waals surface area (Å²) in [5, 5.41) is 12.6. The van der Waals surface area contributed by atoms with Crippen LogP contribution in [0.25, 0.3) is 0 Å². The number of para-hydroxylation sites is 1. The van der Waals surface area contributed by atoms with Crippen LogP contribution in [-0.4, -0.2) is 168 Å². The maximum Gasteiger partial charge on any atom is 0.407 e. The molecule has 20 nitrogen and oxygen atoms in total. The minimum atomic E-state index is -0.520. The van der Waals surface area contributed by atoms with Crippen LogP contribution in [0.4, 0.5) is 32.0 Å². The van der Waals surface area contributed by atoms with Crippen molar-refractivity contribution < 1.29 is 52.3 Å². The van der Waals surface area contributed by atoms with Gasteiger partial charge in [0.2, 0.25) is 0 Å². The van der Waals surface area contributed by atoms with Gasteiger partial charge >= 0.3 is 18.2 Å². The predicted molar refractivity (Wildman–Crippen MR) is 270 cm³/mol. The molecule has 0 unspecified atom stereocenters. The van der Waals surface area contributed by atoms with E-state index in [1.165, 1.54) is 17.5 Å². The minimum Gasteiger partial charge on any atom is -0.463 e. The quantitative estimate of drug-likeness (QED) is 0.0197. The van der Waals surface area contributed by atoms with E-state index in [0.717, 1.165) is 89.1 Å². The zero-order valence-corrected chi connectivity index (χ0v) is 42.9. The molecule has 70 heavy (non-hydrogen) atoms. The van der Waals surface area contributed by atoms with Crippen LogP contribution < -0.4 is 26.2 Å². The summed E-state index contributed by atoms with van der Waals surface area (Å²) in [6.07, 6.45) is 8.00. The number of amides is 3. The fraction of sp³-hybridized carbons (Fsp3) is 0.638. The monoisotopic (exact) mass is 1040 g/mol. The van der Waals surface area contributed by atoms with Crippen molar-refractivity contribution in [1.82, 2.24) is 30.5 Å². The lowest BCUT2D eigenvalue weighted by molar-refractivity contribution is -0.145. The number of benzene rings is 1. The van der Waals surface area contributed by atoms with Crippen molar-refractivity contribution in [3.8, 4) is 0 Å². The third kappa shape index (κ3) is 25.0. The lowest BCUT2D eigenvalue weighted by Gasteiger charge is -2.35. The number of halogens is 2. The number of rotatable bonds is 36. The van der Waals surface area contributed by atoms with Crippen molar-refractivity contribution in [2.45, 2.75) is 71.6 Å². The standard InChI is InChI=1S/C47H71Cl2N9O11S/c1-36-12-10-13-38(49)43(36)56-44(60)39-35-52-45(70-39)55-40-34-41(54-37(2)53-40)58-20-18-57(19-21-58)22-25-68-46(61)50-16-7-5-8-17-51-47(62)69-33-31-66-29-28-65-30-32-67-42(59)14-11-24-64-27-26-63-23-9-4-3-6-15-48/h10,12-13,34-35H,3-9,11,14-33H2,1-2H3,(H,50,61)(H,51,62)(H,56,60)(H,52,53,54,55). The van der Waals surface area contributed by atoms with Gasteiger partial charge in [-0.2, -0.15) is 0 Å². The first-order valence-electron chi connectivity index (χ1n) is 24.1. The Hall–Kier alpha value is -4.61. The number of carbonyl (C=O) groups excluding carboxylic acids is 4. The molecular weight excluding hydrogens is 970 g/mol. The summed E-state index contributed by atoms with van der Waals surface area (Å²) in [6.45, 7) is 12.2. The molecule has 0 spiro atoms. The molecule has 1 aromatic carbocycles. The van der Waals surface area contributed by atoms with Crippen LogP contribution in [0, 0.1) is 13.8 Å². The molecule has 0 radical (unpaired) electrons. The number of alkyl halides is 1. The maximum absolute atomic E-state index is 12.9. The van der Waals surface area contributed by atoms with Gasteiger partial charge in [-0.05, 0) is 64.0 Å². The van der Waals surface area contributed by atoms with E-state index in [9.17, 15) is 19.2 Å². The zero-order valence-electron chi connectivity index (χ0n) is 40.6. The van der Waals surface area contributed by atoms with E-state index in [-0.39, 0.29) is 51.3 Å². The van der Waals surface area contributed by atoms with Crippen molar-refractivity contribution in [3.63, 3.8) is 0 Å². The molecule has 4 rings (SSSR count). The number of ether oxygens (including phenoxy) is 7. The molecule has 2 aromatic heterocycles. The SMILES string of the molecule is Cc1nc(Nc2ncc(C(=O)Nc3c(C)cccc3Cl)s2)cc(N2CCN(CCOC(=O)NCCCCCNC(=O)OCCOCCOCCOC(=O)CCCOCCOCCCCCCCl)CC2)n1. The highest BCUT2D eigenvalue weighted by Crippen LogP contribution is 2.28. The van der Waals surface area contributed by atoms with Crippen LogP contribution in [0.5, 0.6) is 0 Å². The summed E-state index contributed by atoms with van der Waals surface area (Å²) in [6, 6.07) is 7.31. The van der Waals surface area contributed by atoms with Gasteiger partial charge in [0.15, 0.2) is 5.13 Å². The van der Waals surface area contributed by atoms with Crippen LogP contribution >= 0.6 is 34.5 Å². The van der Waals surface area contributed by atoms with Crippen LogP contribution in [0.1, 0.15) is 78.8 Å². The zero-order chi connectivity index (χ0) is 50.0. The second kappa shape index (κ2) is 35.5. The number of esters is 1. The molecule has 0 saturated carbocycles. The maximum atomic E-state index is 12.9. The molecule has 0 atom stereocenters. The van der Waals surface area contributed by atoms with Crippen molar-refractivity contribution in [2.75, 3.05) is 140 Å². The lowest BCUT2D eigenvalue weighted by atomic mass is 10.2. The second-order valence-electron chi connectivity index (χ2n) is 16.1. The third-order valence-electron chi connectivity index (χ3n) is 10.5. The van der Waals surface area contributed by atoms with E-state index >= 15 is 0 Å². The van der Waals surface area contributed by atoms with Crippen molar-refractivity contribution in [1.29, 1.82) is 0 Å². The van der Waals surface area contributed by atoms with E-state index in [1.54, 1.807) is 6.07 Å². The van der Waals surface area contributed by atoms with Crippen molar-refractivity contribution >= 4 is 81.1 Å². The Bertz CT molecular complexity index is 1960. The van der Waals surface area contributed by atoms with Gasteiger partial charge in [-0.1, -0.05) is 47.9 Å². The van der Waals surface area contributed by atoms with E-state index in [2.05, 4.69) is 46.0 Å². The fourth-order valence-electron chi connectivity index (χ4n) is 6.76. The Balaban J connectivity index is 0.904. The van der Waals surface area contributed by atoms with Gasteiger partial charge in [0.05, 0.1) is 56.5 Å². The van der Waals surface area contributed by atoms with Gasteiger partial charge in [0.1, 0.15) is 42.2 Å². The summed E-state index contributed by atoms with van der Waals surface area (Å²) < 4.78 is 37.5. The van der Waals surface area contributed by atoms with E-state index in [4.69, 9.17) is 56.4 Å². The molecule has 0 bridgehead atoms. The van der Waals surface area contributed by atoms with Gasteiger partial charge in [-0.25, -0.2) is 24.5 Å². The number of piperazine rings is 1. The number of alkyl carbamates (subject to hydrolysis) is 2. The number of aromatic nitrogens is 3. The number of aryl methyl sites for hydroxylation is 2. The van der Waals surface area contributed by atoms with Crippen LogP contribution in [0.15, 0.2) is 30.5 Å². The second-order valence-corrected chi connectivity index (χ2v) is 17.9. The molecule has 390 valence electrons. The molecule has 1 aliphatic rings. The summed E-state index contributed by atoms with van der Waals surface area (Å²) in [5.74, 6) is 2.08. The van der Waals surface area contributed by atoms with Gasteiger partial charge < -0.3 is 59.3 Å². The van der Waals surface area contributed by atoms with Crippen molar-refractivity contribution in [3.05, 3.63) is 51.7 Å².